The van der Waals surface area contributed by atoms with Gasteiger partial charge in [0.1, 0.15) is 10.8 Å². The van der Waals surface area contributed by atoms with Gasteiger partial charge in [-0.05, 0) is 37.0 Å². The standard InChI is InChI=1S/C19H16F3N3O3S/c20-19(21,22)14-3-12(4-15(5-14)28-9-11-1-2-11)16-10-29-17(24-16)8-25-7-13(6-23-25)18(26)27/h3-7,10-11H,1-2,8-9H2,(H,26,27). The van der Waals surface area contributed by atoms with Gasteiger partial charge in [-0.1, -0.05) is 0 Å². The summed E-state index contributed by atoms with van der Waals surface area (Å²) in [5.74, 6) is -0.489. The number of hydrogen-bond acceptors (Lipinski definition) is 5. The Morgan fingerprint density at radius 3 is 2.76 bits per heavy atom. The number of aromatic nitrogens is 3. The molecule has 1 N–H and O–H groups in total. The lowest BCUT2D eigenvalue weighted by molar-refractivity contribution is -0.137. The van der Waals surface area contributed by atoms with E-state index in [0.717, 1.165) is 25.0 Å². The van der Waals surface area contributed by atoms with Gasteiger partial charge in [0.05, 0.1) is 36.2 Å². The Labute approximate surface area is 167 Å². The number of rotatable bonds is 7. The number of carboxylic acids is 1. The molecule has 3 aromatic rings. The van der Waals surface area contributed by atoms with Gasteiger partial charge in [-0.15, -0.1) is 11.3 Å². The molecule has 2 heterocycles. The molecule has 6 nitrogen and oxygen atoms in total. The number of thiazole rings is 1. The van der Waals surface area contributed by atoms with Gasteiger partial charge >= 0.3 is 12.1 Å². The van der Waals surface area contributed by atoms with Crippen molar-refractivity contribution in [1.29, 1.82) is 0 Å². The van der Waals surface area contributed by atoms with E-state index in [4.69, 9.17) is 9.84 Å². The smallest absolute Gasteiger partial charge is 0.416 e. The van der Waals surface area contributed by atoms with E-state index in [1.807, 2.05) is 0 Å². The summed E-state index contributed by atoms with van der Waals surface area (Å²) >= 11 is 1.26. The van der Waals surface area contributed by atoms with Crippen LogP contribution < -0.4 is 4.74 Å². The number of aromatic carboxylic acids is 1. The lowest BCUT2D eigenvalue weighted by atomic mass is 10.1. The van der Waals surface area contributed by atoms with E-state index in [9.17, 15) is 18.0 Å². The average Bonchev–Trinajstić information content (AvgIpc) is 3.17. The van der Waals surface area contributed by atoms with Gasteiger partial charge in [0, 0.05) is 17.1 Å². The zero-order chi connectivity index (χ0) is 20.6. The van der Waals surface area contributed by atoms with Crippen LogP contribution in [0.3, 0.4) is 0 Å². The molecular formula is C19H16F3N3O3S. The molecule has 1 aliphatic carbocycles. The second-order valence-corrected chi connectivity index (χ2v) is 7.80. The molecule has 152 valence electrons. The van der Waals surface area contributed by atoms with Gasteiger partial charge < -0.3 is 9.84 Å². The Morgan fingerprint density at radius 1 is 1.31 bits per heavy atom. The summed E-state index contributed by atoms with van der Waals surface area (Å²) in [5.41, 5.74) is -0.0107. The van der Waals surface area contributed by atoms with Crippen LogP contribution in [0.4, 0.5) is 13.2 Å². The second kappa shape index (κ2) is 7.51. The van der Waals surface area contributed by atoms with Crippen LogP contribution in [-0.2, 0) is 12.7 Å². The van der Waals surface area contributed by atoms with Gasteiger partial charge in [0.15, 0.2) is 0 Å². The normalized spacial score (nSPS) is 14.2. The van der Waals surface area contributed by atoms with E-state index in [1.54, 1.807) is 11.4 Å². The summed E-state index contributed by atoms with van der Waals surface area (Å²) in [7, 11) is 0. The minimum atomic E-state index is -4.49. The molecule has 0 saturated heterocycles. The summed E-state index contributed by atoms with van der Waals surface area (Å²) in [6, 6.07) is 3.63. The maximum Gasteiger partial charge on any atom is 0.416 e. The van der Waals surface area contributed by atoms with Gasteiger partial charge in [-0.25, -0.2) is 9.78 Å². The van der Waals surface area contributed by atoms with Crippen LogP contribution >= 0.6 is 11.3 Å². The third-order valence-electron chi connectivity index (χ3n) is 4.44. The van der Waals surface area contributed by atoms with E-state index in [-0.39, 0.29) is 17.9 Å². The van der Waals surface area contributed by atoms with Crippen molar-refractivity contribution >= 4 is 17.3 Å². The topological polar surface area (TPSA) is 77.2 Å². The van der Waals surface area contributed by atoms with Crippen LogP contribution in [0.25, 0.3) is 11.3 Å². The minimum Gasteiger partial charge on any atom is -0.493 e. The van der Waals surface area contributed by atoms with E-state index in [0.29, 0.717) is 28.8 Å². The fourth-order valence-corrected chi connectivity index (χ4v) is 3.50. The average molecular weight is 423 g/mol. The van der Waals surface area contributed by atoms with Crippen LogP contribution in [-0.4, -0.2) is 32.4 Å². The second-order valence-electron chi connectivity index (χ2n) is 6.86. The largest absolute Gasteiger partial charge is 0.493 e. The molecule has 29 heavy (non-hydrogen) atoms. The zero-order valence-corrected chi connectivity index (χ0v) is 15.8. The van der Waals surface area contributed by atoms with E-state index >= 15 is 0 Å². The maximum absolute atomic E-state index is 13.3. The molecule has 1 aromatic carbocycles. The summed E-state index contributed by atoms with van der Waals surface area (Å²) in [4.78, 5) is 15.3. The highest BCUT2D eigenvalue weighted by Gasteiger charge is 2.32. The number of nitrogens with zero attached hydrogens (tertiary/aromatic N) is 3. The van der Waals surface area contributed by atoms with Gasteiger partial charge in [-0.3, -0.25) is 4.68 Å². The van der Waals surface area contributed by atoms with Crippen molar-refractivity contribution in [2.75, 3.05) is 6.61 Å². The van der Waals surface area contributed by atoms with E-state index < -0.39 is 17.7 Å². The molecule has 0 spiro atoms. The van der Waals surface area contributed by atoms with Gasteiger partial charge in [0.25, 0.3) is 0 Å². The minimum absolute atomic E-state index is 0.0529. The third kappa shape index (κ3) is 4.76. The molecule has 1 aliphatic rings. The number of alkyl halides is 3. The predicted octanol–water partition coefficient (Wildman–Crippen LogP) is 4.56. The Balaban J connectivity index is 1.57. The fraction of sp³-hybridized carbons (Fsp3) is 0.316. The molecule has 0 unspecified atom stereocenters. The highest BCUT2D eigenvalue weighted by molar-refractivity contribution is 7.09. The lowest BCUT2D eigenvalue weighted by Crippen LogP contribution is -2.07. The number of benzene rings is 1. The maximum atomic E-state index is 13.3. The molecule has 0 bridgehead atoms. The lowest BCUT2D eigenvalue weighted by Gasteiger charge is -2.12. The number of hydrogen-bond donors (Lipinski definition) is 1. The van der Waals surface area contributed by atoms with Crippen molar-refractivity contribution < 1.29 is 27.8 Å². The first kappa shape index (κ1) is 19.4. The molecule has 0 radical (unpaired) electrons. The van der Waals surface area contributed by atoms with Crippen LogP contribution in [0.5, 0.6) is 5.75 Å². The first-order valence-corrected chi connectivity index (χ1v) is 9.71. The Hall–Kier alpha value is -2.88. The Morgan fingerprint density at radius 2 is 2.10 bits per heavy atom. The number of carboxylic acid groups (broad SMARTS) is 1. The van der Waals surface area contributed by atoms with Crippen LogP contribution in [0.2, 0.25) is 0 Å². The molecular weight excluding hydrogens is 407 g/mol. The van der Waals surface area contributed by atoms with E-state index in [2.05, 4.69) is 10.1 Å². The monoisotopic (exact) mass is 423 g/mol. The van der Waals surface area contributed by atoms with Crippen molar-refractivity contribution in [3.05, 3.63) is 52.1 Å². The number of ether oxygens (including phenoxy) is 1. The molecule has 0 aliphatic heterocycles. The fourth-order valence-electron chi connectivity index (χ4n) is 2.71. The highest BCUT2D eigenvalue weighted by atomic mass is 32.1. The molecule has 0 amide bonds. The van der Waals surface area contributed by atoms with Crippen molar-refractivity contribution in [3.63, 3.8) is 0 Å². The Kier molecular flexibility index (Phi) is 5.03. The molecule has 1 saturated carbocycles. The van der Waals surface area contributed by atoms with Crippen molar-refractivity contribution in [1.82, 2.24) is 14.8 Å². The van der Waals surface area contributed by atoms with Crippen molar-refractivity contribution in [2.24, 2.45) is 5.92 Å². The Bertz CT molecular complexity index is 1040. The van der Waals surface area contributed by atoms with Crippen LogP contribution in [0.15, 0.2) is 36.0 Å². The van der Waals surface area contributed by atoms with Crippen LogP contribution in [0.1, 0.15) is 33.8 Å². The molecule has 10 heteroatoms. The first-order chi connectivity index (χ1) is 13.8. The van der Waals surface area contributed by atoms with Crippen LogP contribution in [0, 0.1) is 5.92 Å². The molecule has 4 rings (SSSR count). The van der Waals surface area contributed by atoms with Crippen molar-refractivity contribution in [2.45, 2.75) is 25.6 Å². The quantitative estimate of drug-likeness (QED) is 0.603. The van der Waals surface area contributed by atoms with Crippen molar-refractivity contribution in [3.8, 4) is 17.0 Å². The summed E-state index contributed by atoms with van der Waals surface area (Å²) in [6.07, 6.45) is 0.191. The summed E-state index contributed by atoms with van der Waals surface area (Å²) in [5, 5.41) is 15.2. The predicted molar refractivity (Wildman–Crippen MR) is 99.1 cm³/mol. The zero-order valence-electron chi connectivity index (χ0n) is 15.0. The summed E-state index contributed by atoms with van der Waals surface area (Å²) < 4.78 is 46.9. The number of carbonyl (C=O) groups is 1. The molecule has 1 fully saturated rings. The van der Waals surface area contributed by atoms with Gasteiger partial charge in [0.2, 0.25) is 0 Å². The van der Waals surface area contributed by atoms with E-state index in [1.165, 1.54) is 28.4 Å². The molecule has 2 aromatic heterocycles. The number of halogens is 3. The SMILES string of the molecule is O=C(O)c1cnn(Cc2nc(-c3cc(OCC4CC4)cc(C(F)(F)F)c3)cs2)c1. The molecule has 0 atom stereocenters. The first-order valence-electron chi connectivity index (χ1n) is 8.83. The summed E-state index contributed by atoms with van der Waals surface area (Å²) in [6.45, 7) is 0.635. The van der Waals surface area contributed by atoms with Gasteiger partial charge in [-0.2, -0.15) is 18.3 Å². The third-order valence-corrected chi connectivity index (χ3v) is 5.28. The highest BCUT2D eigenvalue weighted by Crippen LogP contribution is 2.37.